The number of aromatic nitrogens is 2. The van der Waals surface area contributed by atoms with Crippen LogP contribution in [0.5, 0.6) is 0 Å². The predicted molar refractivity (Wildman–Crippen MR) is 151 cm³/mol. The number of nitrogens with zero attached hydrogens (tertiary/aromatic N) is 5. The molecule has 0 radical (unpaired) electrons. The molecule has 1 saturated carbocycles. The number of piperidine rings is 2. The highest BCUT2D eigenvalue weighted by molar-refractivity contribution is 5.96. The summed E-state index contributed by atoms with van der Waals surface area (Å²) in [4.78, 5) is 40.3. The zero-order valence-electron chi connectivity index (χ0n) is 22.6. The molecular weight excluding hydrogens is 492 g/mol. The standard InChI is InChI=1S/C29H40N8O2/c30-27(38)26-28(34-25(18-32-26)36-14-3-6-24(19-36)37-17-13-31-29(37)39)33-22-9-7-20(8-10-22)21-11-15-35(16-12-21)23-4-1-2-5-23/h7-10,18,21,23-24H,1-6,11-17,19H2,(H2,30,38)(H,31,39)(H,33,34). The van der Waals surface area contributed by atoms with Gasteiger partial charge in [-0.15, -0.1) is 0 Å². The molecule has 3 saturated heterocycles. The van der Waals surface area contributed by atoms with Crippen LogP contribution in [0, 0.1) is 0 Å². The number of carbonyl (C=O) groups is 2. The number of rotatable bonds is 7. The van der Waals surface area contributed by atoms with E-state index in [1.54, 1.807) is 6.20 Å². The van der Waals surface area contributed by atoms with E-state index < -0.39 is 5.91 Å². The van der Waals surface area contributed by atoms with Crippen molar-refractivity contribution in [2.75, 3.05) is 49.5 Å². The summed E-state index contributed by atoms with van der Waals surface area (Å²) in [5.41, 5.74) is 7.98. The molecule has 1 unspecified atom stereocenters. The van der Waals surface area contributed by atoms with Crippen molar-refractivity contribution in [3.8, 4) is 0 Å². The van der Waals surface area contributed by atoms with Crippen molar-refractivity contribution in [1.82, 2.24) is 25.1 Å². The maximum Gasteiger partial charge on any atom is 0.317 e. The van der Waals surface area contributed by atoms with Crippen LogP contribution in [0.1, 0.15) is 73.3 Å². The van der Waals surface area contributed by atoms with Gasteiger partial charge in [-0.1, -0.05) is 25.0 Å². The van der Waals surface area contributed by atoms with Crippen LogP contribution in [0.4, 0.5) is 22.1 Å². The molecule has 1 aliphatic carbocycles. The van der Waals surface area contributed by atoms with Gasteiger partial charge in [0.1, 0.15) is 5.82 Å². The molecule has 10 nitrogen and oxygen atoms in total. The van der Waals surface area contributed by atoms with Crippen molar-refractivity contribution in [2.24, 2.45) is 5.73 Å². The van der Waals surface area contributed by atoms with Gasteiger partial charge in [-0.3, -0.25) is 4.79 Å². The number of hydrogen-bond donors (Lipinski definition) is 3. The predicted octanol–water partition coefficient (Wildman–Crippen LogP) is 3.44. The van der Waals surface area contributed by atoms with E-state index in [9.17, 15) is 9.59 Å². The summed E-state index contributed by atoms with van der Waals surface area (Å²) in [6.07, 6.45) is 11.5. The molecular formula is C29H40N8O2. The van der Waals surface area contributed by atoms with E-state index in [2.05, 4.69) is 49.7 Å². The van der Waals surface area contributed by atoms with Crippen molar-refractivity contribution in [1.29, 1.82) is 0 Å². The van der Waals surface area contributed by atoms with E-state index >= 15 is 0 Å². The minimum Gasteiger partial charge on any atom is -0.364 e. The lowest BCUT2D eigenvalue weighted by Crippen LogP contribution is -2.49. The number of nitrogens with one attached hydrogen (secondary N) is 2. The Morgan fingerprint density at radius 2 is 1.69 bits per heavy atom. The Morgan fingerprint density at radius 3 is 2.38 bits per heavy atom. The van der Waals surface area contributed by atoms with Gasteiger partial charge >= 0.3 is 6.03 Å². The lowest BCUT2D eigenvalue weighted by Gasteiger charge is -2.37. The van der Waals surface area contributed by atoms with E-state index in [0.29, 0.717) is 30.6 Å². The highest BCUT2D eigenvalue weighted by Crippen LogP contribution is 2.33. The van der Waals surface area contributed by atoms with Crippen LogP contribution < -0.4 is 21.3 Å². The number of urea groups is 1. The van der Waals surface area contributed by atoms with Crippen LogP contribution in [0.25, 0.3) is 0 Å². The van der Waals surface area contributed by atoms with Crippen LogP contribution in [0.2, 0.25) is 0 Å². The maximum absolute atomic E-state index is 12.2. The molecule has 4 fully saturated rings. The molecule has 3 aliphatic heterocycles. The number of amides is 3. The van der Waals surface area contributed by atoms with E-state index in [0.717, 1.165) is 37.7 Å². The molecule has 1 aromatic carbocycles. The second-order valence-electron chi connectivity index (χ2n) is 11.5. The van der Waals surface area contributed by atoms with Gasteiger partial charge in [-0.2, -0.15) is 0 Å². The first-order chi connectivity index (χ1) is 19.0. The van der Waals surface area contributed by atoms with Crippen LogP contribution in [0.3, 0.4) is 0 Å². The average Bonchev–Trinajstić information content (AvgIpc) is 3.66. The normalized spacial score (nSPS) is 23.3. The van der Waals surface area contributed by atoms with E-state index in [-0.39, 0.29) is 17.8 Å². The Balaban J connectivity index is 1.12. The molecule has 4 heterocycles. The quantitative estimate of drug-likeness (QED) is 0.500. The summed E-state index contributed by atoms with van der Waals surface area (Å²) in [5.74, 6) is 1.01. The first-order valence-corrected chi connectivity index (χ1v) is 14.6. The first-order valence-electron chi connectivity index (χ1n) is 14.6. The fourth-order valence-corrected chi connectivity index (χ4v) is 6.89. The van der Waals surface area contributed by atoms with Crippen molar-refractivity contribution < 1.29 is 9.59 Å². The molecule has 2 aromatic rings. The Bertz CT molecular complexity index is 1170. The lowest BCUT2D eigenvalue weighted by atomic mass is 9.88. The number of nitrogens with two attached hydrogens (primary N) is 1. The summed E-state index contributed by atoms with van der Waals surface area (Å²) < 4.78 is 0. The maximum atomic E-state index is 12.2. The number of hydrogen-bond acceptors (Lipinski definition) is 7. The van der Waals surface area contributed by atoms with Crippen molar-refractivity contribution >= 4 is 29.3 Å². The largest absolute Gasteiger partial charge is 0.364 e. The van der Waals surface area contributed by atoms with Gasteiger partial charge in [0.2, 0.25) is 0 Å². The van der Waals surface area contributed by atoms with Gasteiger partial charge < -0.3 is 31.1 Å². The third-order valence-corrected chi connectivity index (χ3v) is 9.06. The molecule has 6 rings (SSSR count). The summed E-state index contributed by atoms with van der Waals surface area (Å²) in [7, 11) is 0. The Hall–Kier alpha value is -3.40. The van der Waals surface area contributed by atoms with E-state index in [1.807, 2.05) is 4.90 Å². The molecule has 4 aliphatic rings. The second-order valence-corrected chi connectivity index (χ2v) is 11.5. The van der Waals surface area contributed by atoms with Crippen LogP contribution >= 0.6 is 0 Å². The number of primary amides is 1. The van der Waals surface area contributed by atoms with E-state index in [1.165, 1.54) is 57.2 Å². The fraction of sp³-hybridized carbons (Fsp3) is 0.586. The van der Waals surface area contributed by atoms with Crippen LogP contribution in [0.15, 0.2) is 30.5 Å². The topological polar surface area (TPSA) is 120 Å². The highest BCUT2D eigenvalue weighted by Gasteiger charge is 2.32. The average molecular weight is 533 g/mol. The Morgan fingerprint density at radius 1 is 0.949 bits per heavy atom. The van der Waals surface area contributed by atoms with Crippen molar-refractivity contribution in [2.45, 2.75) is 69.4 Å². The van der Waals surface area contributed by atoms with Crippen molar-refractivity contribution in [3.05, 3.63) is 41.7 Å². The highest BCUT2D eigenvalue weighted by atomic mass is 16.2. The smallest absolute Gasteiger partial charge is 0.317 e. The van der Waals surface area contributed by atoms with Gasteiger partial charge in [-0.25, -0.2) is 14.8 Å². The summed E-state index contributed by atoms with van der Waals surface area (Å²) in [6.45, 7) is 5.32. The number of carbonyl (C=O) groups excluding carboxylic acids is 2. The first kappa shape index (κ1) is 25.9. The molecule has 10 heteroatoms. The molecule has 0 bridgehead atoms. The zero-order valence-corrected chi connectivity index (χ0v) is 22.6. The molecule has 1 aromatic heterocycles. The minimum atomic E-state index is -0.618. The van der Waals surface area contributed by atoms with Gasteiger partial charge in [-0.05, 0) is 75.2 Å². The number of anilines is 3. The van der Waals surface area contributed by atoms with Gasteiger partial charge in [0.15, 0.2) is 11.5 Å². The van der Waals surface area contributed by atoms with Crippen LogP contribution in [-0.4, -0.2) is 83.1 Å². The number of likely N-dealkylation sites (tertiary alicyclic amines) is 1. The Kier molecular flexibility index (Phi) is 7.54. The fourth-order valence-electron chi connectivity index (χ4n) is 6.89. The molecule has 4 N–H and O–H groups in total. The minimum absolute atomic E-state index is 0.00202. The van der Waals surface area contributed by atoms with Gasteiger partial charge in [0.25, 0.3) is 5.91 Å². The van der Waals surface area contributed by atoms with Crippen LogP contribution in [-0.2, 0) is 0 Å². The van der Waals surface area contributed by atoms with Crippen molar-refractivity contribution in [3.63, 3.8) is 0 Å². The third kappa shape index (κ3) is 5.66. The summed E-state index contributed by atoms with van der Waals surface area (Å²) >= 11 is 0. The lowest BCUT2D eigenvalue weighted by molar-refractivity contribution is 0.0996. The molecule has 208 valence electrons. The molecule has 0 spiro atoms. The monoisotopic (exact) mass is 532 g/mol. The third-order valence-electron chi connectivity index (χ3n) is 9.06. The second kappa shape index (κ2) is 11.4. The zero-order chi connectivity index (χ0) is 26.8. The van der Waals surface area contributed by atoms with Gasteiger partial charge in [0, 0.05) is 37.9 Å². The number of benzene rings is 1. The summed E-state index contributed by atoms with van der Waals surface area (Å²) in [6, 6.07) is 9.44. The van der Waals surface area contributed by atoms with Gasteiger partial charge in [0.05, 0.1) is 12.2 Å². The Labute approximate surface area is 230 Å². The van der Waals surface area contributed by atoms with E-state index in [4.69, 9.17) is 10.7 Å². The molecule has 39 heavy (non-hydrogen) atoms. The molecule has 1 atom stereocenters. The SMILES string of the molecule is NC(=O)c1ncc(N2CCCC(N3CCNC3=O)C2)nc1Nc1ccc(C2CCN(C3CCCC3)CC2)cc1. The molecule has 3 amide bonds. The summed E-state index contributed by atoms with van der Waals surface area (Å²) in [5, 5.41) is 6.19.